The van der Waals surface area contributed by atoms with Crippen molar-refractivity contribution < 1.29 is 23.9 Å². The van der Waals surface area contributed by atoms with E-state index in [0.29, 0.717) is 29.8 Å². The molecule has 8 atom stereocenters. The number of fused-ring (bicyclic) bond motifs is 1. The van der Waals surface area contributed by atoms with Gasteiger partial charge in [-0.2, -0.15) is 0 Å². The van der Waals surface area contributed by atoms with Crippen LogP contribution >= 0.6 is 0 Å². The summed E-state index contributed by atoms with van der Waals surface area (Å²) in [6.07, 6.45) is 10.8. The van der Waals surface area contributed by atoms with Gasteiger partial charge in [0.25, 0.3) is 0 Å². The first kappa shape index (κ1) is 29.2. The molecule has 0 radical (unpaired) electrons. The number of ether oxygens (including phenoxy) is 2. The Bertz CT molecular complexity index is 1220. The molecule has 6 rings (SSSR count). The van der Waals surface area contributed by atoms with Gasteiger partial charge in [0.1, 0.15) is 17.4 Å². The number of nitrogens with zero attached hydrogens (tertiary/aromatic N) is 2. The number of benzene rings is 1. The zero-order valence-electron chi connectivity index (χ0n) is 25.2. The molecule has 1 aromatic rings. The van der Waals surface area contributed by atoms with Gasteiger partial charge >= 0.3 is 0 Å². The van der Waals surface area contributed by atoms with Crippen LogP contribution in [0.25, 0.3) is 0 Å². The van der Waals surface area contributed by atoms with Crippen LogP contribution < -0.4 is 15.4 Å². The SMILES string of the molecule is COc1cccc(NC(=O)C2C3C=CC4(O3)C2C(=O)N(CCCN2CCCC(C)C2)C4C(=O)NC2CCCCC2C)c1. The Morgan fingerprint density at radius 3 is 2.71 bits per heavy atom. The summed E-state index contributed by atoms with van der Waals surface area (Å²) in [7, 11) is 1.58. The third-order valence-electron chi connectivity index (χ3n) is 10.3. The molecule has 8 unspecified atom stereocenters. The monoisotopic (exact) mass is 578 g/mol. The molecule has 1 aromatic carbocycles. The highest BCUT2D eigenvalue weighted by Crippen LogP contribution is 2.55. The van der Waals surface area contributed by atoms with Crippen molar-refractivity contribution in [3.63, 3.8) is 0 Å². The van der Waals surface area contributed by atoms with Gasteiger partial charge in [0.15, 0.2) is 0 Å². The molecule has 4 heterocycles. The molecular formula is C33H46N4O5. The predicted octanol–water partition coefficient (Wildman–Crippen LogP) is 3.60. The maximum absolute atomic E-state index is 14.3. The molecule has 9 nitrogen and oxygen atoms in total. The number of nitrogens with one attached hydrogen (secondary N) is 2. The molecule has 1 saturated carbocycles. The molecule has 1 aliphatic carbocycles. The standard InChI is InChI=1S/C33H46N4O5/c1-21-9-7-16-36(20-21)17-8-18-37-29(31(39)35-25-13-5-4-10-22(25)2)33-15-14-26(42-33)27(28(33)32(37)40)30(38)34-23-11-6-12-24(19-23)41-3/h6,11-12,14-15,19,21-22,25-29H,4-5,7-10,13,16-18,20H2,1-3H3,(H,34,38)(H,35,39). The van der Waals surface area contributed by atoms with Gasteiger partial charge in [-0.05, 0) is 69.2 Å². The van der Waals surface area contributed by atoms with E-state index < -0.39 is 29.6 Å². The molecule has 2 N–H and O–H groups in total. The molecule has 3 amide bonds. The van der Waals surface area contributed by atoms with E-state index in [4.69, 9.17) is 9.47 Å². The maximum Gasteiger partial charge on any atom is 0.246 e. The summed E-state index contributed by atoms with van der Waals surface area (Å²) in [5.74, 6) is -0.347. The van der Waals surface area contributed by atoms with Gasteiger partial charge in [0, 0.05) is 30.9 Å². The number of rotatable bonds is 9. The predicted molar refractivity (Wildman–Crippen MR) is 160 cm³/mol. The summed E-state index contributed by atoms with van der Waals surface area (Å²) >= 11 is 0. The van der Waals surface area contributed by atoms with E-state index in [9.17, 15) is 14.4 Å². The fourth-order valence-corrected chi connectivity index (χ4v) is 8.18. The lowest BCUT2D eigenvalue weighted by atomic mass is 9.74. The van der Waals surface area contributed by atoms with Crippen molar-refractivity contribution >= 4 is 23.4 Å². The minimum atomic E-state index is -1.14. The van der Waals surface area contributed by atoms with Crippen molar-refractivity contribution in [3.8, 4) is 5.75 Å². The van der Waals surface area contributed by atoms with Crippen LogP contribution in [0.15, 0.2) is 36.4 Å². The van der Waals surface area contributed by atoms with E-state index in [-0.39, 0.29) is 23.8 Å². The topological polar surface area (TPSA) is 100 Å². The van der Waals surface area contributed by atoms with Crippen LogP contribution in [0.1, 0.15) is 58.8 Å². The third-order valence-corrected chi connectivity index (χ3v) is 10.3. The lowest BCUT2D eigenvalue weighted by Crippen LogP contribution is -2.57. The molecule has 5 aliphatic rings. The molecule has 0 aromatic heterocycles. The van der Waals surface area contributed by atoms with E-state index in [1.54, 1.807) is 24.1 Å². The number of amides is 3. The smallest absolute Gasteiger partial charge is 0.246 e. The molecule has 1 spiro atoms. The van der Waals surface area contributed by atoms with Crippen molar-refractivity contribution in [3.05, 3.63) is 36.4 Å². The molecule has 4 aliphatic heterocycles. The summed E-state index contributed by atoms with van der Waals surface area (Å²) in [6, 6.07) is 6.47. The van der Waals surface area contributed by atoms with Crippen LogP contribution in [0.5, 0.6) is 5.75 Å². The molecule has 9 heteroatoms. The highest BCUT2D eigenvalue weighted by atomic mass is 16.5. The van der Waals surface area contributed by atoms with Gasteiger partial charge in [0.05, 0.1) is 25.0 Å². The highest BCUT2D eigenvalue weighted by molar-refractivity contribution is 6.02. The minimum absolute atomic E-state index is 0.0863. The Labute approximate surface area is 249 Å². The van der Waals surface area contributed by atoms with Crippen LogP contribution in [0.2, 0.25) is 0 Å². The summed E-state index contributed by atoms with van der Waals surface area (Å²) in [5.41, 5.74) is -0.543. The number of anilines is 1. The molecule has 4 fully saturated rings. The van der Waals surface area contributed by atoms with Gasteiger partial charge in [-0.15, -0.1) is 0 Å². The van der Waals surface area contributed by atoms with Crippen LogP contribution in [-0.4, -0.2) is 84.6 Å². The van der Waals surface area contributed by atoms with E-state index in [1.807, 2.05) is 24.3 Å². The second kappa shape index (κ2) is 12.0. The second-order valence-electron chi connectivity index (χ2n) is 13.2. The number of likely N-dealkylation sites (tertiary alicyclic amines) is 2. The number of carbonyl (C=O) groups is 3. The average Bonchev–Trinajstić information content (AvgIpc) is 3.62. The number of methoxy groups -OCH3 is 1. The minimum Gasteiger partial charge on any atom is -0.497 e. The summed E-state index contributed by atoms with van der Waals surface area (Å²) < 4.78 is 11.8. The Morgan fingerprint density at radius 2 is 1.93 bits per heavy atom. The Balaban J connectivity index is 1.24. The van der Waals surface area contributed by atoms with E-state index >= 15 is 0 Å². The maximum atomic E-state index is 14.3. The first-order chi connectivity index (χ1) is 20.3. The van der Waals surface area contributed by atoms with Gasteiger partial charge in [-0.25, -0.2) is 0 Å². The normalized spacial score (nSPS) is 35.7. The number of piperidine rings is 1. The summed E-state index contributed by atoms with van der Waals surface area (Å²) in [6.45, 7) is 7.99. The van der Waals surface area contributed by atoms with Crippen LogP contribution in [-0.2, 0) is 19.1 Å². The molecule has 42 heavy (non-hydrogen) atoms. The lowest BCUT2D eigenvalue weighted by molar-refractivity contribution is -0.141. The van der Waals surface area contributed by atoms with E-state index in [1.165, 1.54) is 19.3 Å². The van der Waals surface area contributed by atoms with Crippen molar-refractivity contribution in [2.45, 2.75) is 82.6 Å². The summed E-state index contributed by atoms with van der Waals surface area (Å²) in [5, 5.41) is 6.31. The zero-order chi connectivity index (χ0) is 29.4. The largest absolute Gasteiger partial charge is 0.497 e. The van der Waals surface area contributed by atoms with E-state index in [0.717, 1.165) is 45.3 Å². The fourth-order valence-electron chi connectivity index (χ4n) is 8.18. The number of hydrogen-bond donors (Lipinski definition) is 2. The second-order valence-corrected chi connectivity index (χ2v) is 13.2. The van der Waals surface area contributed by atoms with Crippen LogP contribution in [0, 0.1) is 23.7 Å². The summed E-state index contributed by atoms with van der Waals surface area (Å²) in [4.78, 5) is 46.4. The van der Waals surface area contributed by atoms with E-state index in [2.05, 4.69) is 29.4 Å². The first-order valence-electron chi connectivity index (χ1n) is 16.0. The average molecular weight is 579 g/mol. The van der Waals surface area contributed by atoms with Crippen molar-refractivity contribution in [1.82, 2.24) is 15.1 Å². The van der Waals surface area contributed by atoms with Gasteiger partial charge in [-0.3, -0.25) is 14.4 Å². The van der Waals surface area contributed by atoms with Crippen molar-refractivity contribution in [2.24, 2.45) is 23.7 Å². The van der Waals surface area contributed by atoms with Crippen LogP contribution in [0.3, 0.4) is 0 Å². The quantitative estimate of drug-likeness (QED) is 0.435. The van der Waals surface area contributed by atoms with Gasteiger partial charge in [-0.1, -0.05) is 44.9 Å². The molecule has 228 valence electrons. The fraction of sp³-hybridized carbons (Fsp3) is 0.667. The molecule has 3 saturated heterocycles. The Kier molecular flexibility index (Phi) is 8.33. The Hall–Kier alpha value is -2.91. The first-order valence-corrected chi connectivity index (χ1v) is 16.0. The van der Waals surface area contributed by atoms with Crippen molar-refractivity contribution in [1.29, 1.82) is 0 Å². The molecule has 2 bridgehead atoms. The van der Waals surface area contributed by atoms with Gasteiger partial charge < -0.3 is 29.9 Å². The number of hydrogen-bond acceptors (Lipinski definition) is 6. The zero-order valence-corrected chi connectivity index (χ0v) is 25.2. The van der Waals surface area contributed by atoms with Crippen molar-refractivity contribution in [2.75, 3.05) is 38.6 Å². The number of carbonyl (C=O) groups excluding carboxylic acids is 3. The van der Waals surface area contributed by atoms with Gasteiger partial charge in [0.2, 0.25) is 17.7 Å². The third kappa shape index (κ3) is 5.34. The highest BCUT2D eigenvalue weighted by Gasteiger charge is 2.72. The lowest BCUT2D eigenvalue weighted by Gasteiger charge is -2.36. The molecular weight excluding hydrogens is 532 g/mol. The Morgan fingerprint density at radius 1 is 1.10 bits per heavy atom. The van der Waals surface area contributed by atoms with Crippen LogP contribution in [0.4, 0.5) is 5.69 Å².